The van der Waals surface area contributed by atoms with Crippen LogP contribution in [0.15, 0.2) is 16.7 Å². The fraction of sp³-hybridized carbons (Fsp3) is 0.500. The van der Waals surface area contributed by atoms with Crippen molar-refractivity contribution in [2.24, 2.45) is 0 Å². The van der Waals surface area contributed by atoms with Crippen LogP contribution in [0.1, 0.15) is 36.9 Å². The lowest BCUT2D eigenvalue weighted by atomic mass is 10.3. The van der Waals surface area contributed by atoms with Crippen LogP contribution in [0, 0.1) is 0 Å². The molecule has 2 rings (SSSR count). The summed E-state index contributed by atoms with van der Waals surface area (Å²) in [5, 5.41) is 7.67. The number of likely N-dealkylation sites (N-methyl/N-ethyl adjacent to an activating group) is 1. The number of carbonyl (C=O) groups excluding carboxylic acids is 1. The van der Waals surface area contributed by atoms with Crippen LogP contribution in [-0.2, 0) is 24.4 Å². The number of rotatable bonds is 7. The van der Waals surface area contributed by atoms with Gasteiger partial charge in [0.05, 0.1) is 16.7 Å². The van der Waals surface area contributed by atoms with Crippen LogP contribution < -0.4 is 0 Å². The molecule has 0 N–H and O–H groups in total. The van der Waals surface area contributed by atoms with Gasteiger partial charge in [0.15, 0.2) is 0 Å². The second-order valence-electron chi connectivity index (χ2n) is 5.28. The Hall–Kier alpha value is -1.91. The van der Waals surface area contributed by atoms with Crippen molar-refractivity contribution in [3.8, 4) is 0 Å². The van der Waals surface area contributed by atoms with E-state index in [0.717, 1.165) is 0 Å². The lowest BCUT2D eigenvalue weighted by molar-refractivity contribution is -0.131. The van der Waals surface area contributed by atoms with Crippen LogP contribution in [0.2, 0.25) is 0 Å². The Morgan fingerprint density at radius 3 is 2.48 bits per heavy atom. The van der Waals surface area contributed by atoms with Crippen molar-refractivity contribution in [1.82, 2.24) is 24.5 Å². The van der Waals surface area contributed by atoms with Crippen molar-refractivity contribution in [2.75, 3.05) is 7.05 Å². The van der Waals surface area contributed by atoms with Gasteiger partial charge in [-0.15, -0.1) is 0 Å². The molecule has 1 amide bonds. The van der Waals surface area contributed by atoms with Crippen LogP contribution in [0.4, 0.5) is 17.6 Å². The van der Waals surface area contributed by atoms with E-state index in [2.05, 4.69) is 26.1 Å². The van der Waals surface area contributed by atoms with E-state index in [0.29, 0.717) is 27.5 Å². The van der Waals surface area contributed by atoms with Gasteiger partial charge in [0, 0.05) is 19.8 Å². The van der Waals surface area contributed by atoms with Gasteiger partial charge in [0.2, 0.25) is 5.91 Å². The fourth-order valence-corrected chi connectivity index (χ4v) is 2.57. The van der Waals surface area contributed by atoms with Gasteiger partial charge in [-0.1, -0.05) is 0 Å². The Morgan fingerprint density at radius 1 is 1.28 bits per heavy atom. The molecule has 0 aliphatic carbocycles. The smallest absolute Gasteiger partial charge is 0.282 e. The zero-order valence-electron chi connectivity index (χ0n) is 13.5. The standard InChI is InChI=1S/C14H16BrF4N5O/c1-3-23-5-8(15)10(20-23)6-22(2)12(25)7-24-11(14(18)19)4-9(21-24)13(16)17/h4-5,13-14H,3,6-7H2,1-2H3. The number of halogens is 5. The van der Waals surface area contributed by atoms with Crippen LogP contribution in [0.3, 0.4) is 0 Å². The summed E-state index contributed by atoms with van der Waals surface area (Å²) >= 11 is 3.33. The molecule has 11 heteroatoms. The molecule has 0 unspecified atom stereocenters. The van der Waals surface area contributed by atoms with E-state index < -0.39 is 36.7 Å². The monoisotopic (exact) mass is 425 g/mol. The zero-order valence-corrected chi connectivity index (χ0v) is 15.1. The molecule has 0 aromatic carbocycles. The second kappa shape index (κ2) is 7.98. The molecular formula is C14H16BrF4N5O. The molecule has 0 saturated heterocycles. The van der Waals surface area contributed by atoms with Crippen LogP contribution >= 0.6 is 15.9 Å². The molecule has 0 radical (unpaired) electrons. The molecule has 0 bridgehead atoms. The molecule has 6 nitrogen and oxygen atoms in total. The first-order valence-corrected chi connectivity index (χ1v) is 8.12. The average molecular weight is 426 g/mol. The molecule has 2 heterocycles. The highest BCUT2D eigenvalue weighted by atomic mass is 79.9. The summed E-state index contributed by atoms with van der Waals surface area (Å²) in [5.74, 6) is -0.552. The van der Waals surface area contributed by atoms with E-state index in [9.17, 15) is 22.4 Å². The third kappa shape index (κ3) is 4.59. The quantitative estimate of drug-likeness (QED) is 0.638. The molecule has 2 aromatic rings. The number of aromatic nitrogens is 4. The summed E-state index contributed by atoms with van der Waals surface area (Å²) < 4.78 is 54.2. The Kier molecular flexibility index (Phi) is 6.20. The van der Waals surface area contributed by atoms with Crippen LogP contribution in [0.5, 0.6) is 0 Å². The maximum Gasteiger partial charge on any atom is 0.282 e. The summed E-state index contributed by atoms with van der Waals surface area (Å²) in [7, 11) is 1.47. The first-order valence-electron chi connectivity index (χ1n) is 7.32. The zero-order chi connectivity index (χ0) is 18.7. The molecule has 138 valence electrons. The number of hydrogen-bond acceptors (Lipinski definition) is 3. The van der Waals surface area contributed by atoms with E-state index in [1.807, 2.05) is 6.92 Å². The van der Waals surface area contributed by atoms with Gasteiger partial charge in [-0.25, -0.2) is 17.6 Å². The van der Waals surface area contributed by atoms with E-state index in [1.54, 1.807) is 10.9 Å². The Labute approximate surface area is 149 Å². The van der Waals surface area contributed by atoms with Crippen molar-refractivity contribution in [3.05, 3.63) is 33.8 Å². The minimum atomic E-state index is -3.01. The van der Waals surface area contributed by atoms with Crippen molar-refractivity contribution in [2.45, 2.75) is 39.4 Å². The van der Waals surface area contributed by atoms with E-state index in [1.165, 1.54) is 11.9 Å². The number of alkyl halides is 4. The van der Waals surface area contributed by atoms with Crippen LogP contribution in [0.25, 0.3) is 0 Å². The van der Waals surface area contributed by atoms with Gasteiger partial charge in [0.1, 0.15) is 17.9 Å². The maximum absolute atomic E-state index is 12.9. The van der Waals surface area contributed by atoms with Gasteiger partial charge in [-0.3, -0.25) is 14.2 Å². The summed E-state index contributed by atoms with van der Waals surface area (Å²) in [4.78, 5) is 13.5. The lowest BCUT2D eigenvalue weighted by Crippen LogP contribution is -2.31. The molecule has 25 heavy (non-hydrogen) atoms. The van der Waals surface area contributed by atoms with E-state index in [4.69, 9.17) is 0 Å². The SMILES string of the molecule is CCn1cc(Br)c(CN(C)C(=O)Cn2nc(C(F)F)cc2C(F)F)n1. The molecule has 0 spiro atoms. The van der Waals surface area contributed by atoms with Crippen LogP contribution in [-0.4, -0.2) is 37.4 Å². The molecule has 0 saturated carbocycles. The number of carbonyl (C=O) groups is 1. The molecule has 2 aromatic heterocycles. The fourth-order valence-electron chi connectivity index (χ4n) is 2.13. The summed E-state index contributed by atoms with van der Waals surface area (Å²) in [5.41, 5.74) is -0.899. The van der Waals surface area contributed by atoms with E-state index >= 15 is 0 Å². The Bertz CT molecular complexity index is 746. The van der Waals surface area contributed by atoms with Gasteiger partial charge in [-0.2, -0.15) is 10.2 Å². The molecule has 0 fully saturated rings. The maximum atomic E-state index is 12.9. The predicted molar refractivity (Wildman–Crippen MR) is 84.2 cm³/mol. The summed E-state index contributed by atoms with van der Waals surface area (Å²) in [6, 6.07) is 0.613. The van der Waals surface area contributed by atoms with Gasteiger partial charge in [-0.05, 0) is 28.9 Å². The topological polar surface area (TPSA) is 56.0 Å². The minimum absolute atomic E-state index is 0.138. The number of aryl methyl sites for hydroxylation is 1. The predicted octanol–water partition coefficient (Wildman–Crippen LogP) is 3.40. The van der Waals surface area contributed by atoms with Crippen molar-refractivity contribution < 1.29 is 22.4 Å². The summed E-state index contributed by atoms with van der Waals surface area (Å²) in [6.45, 7) is 2.13. The number of amides is 1. The minimum Gasteiger partial charge on any atom is -0.338 e. The highest BCUT2D eigenvalue weighted by molar-refractivity contribution is 9.10. The van der Waals surface area contributed by atoms with Gasteiger partial charge < -0.3 is 4.90 Å². The Morgan fingerprint density at radius 2 is 1.96 bits per heavy atom. The van der Waals surface area contributed by atoms with E-state index in [-0.39, 0.29) is 6.54 Å². The third-order valence-electron chi connectivity index (χ3n) is 3.49. The van der Waals surface area contributed by atoms with Crippen molar-refractivity contribution >= 4 is 21.8 Å². The molecular weight excluding hydrogens is 410 g/mol. The van der Waals surface area contributed by atoms with Gasteiger partial charge in [0.25, 0.3) is 12.9 Å². The molecule has 0 atom stereocenters. The van der Waals surface area contributed by atoms with Crippen molar-refractivity contribution in [3.63, 3.8) is 0 Å². The van der Waals surface area contributed by atoms with Crippen molar-refractivity contribution in [1.29, 1.82) is 0 Å². The number of nitrogens with zero attached hydrogens (tertiary/aromatic N) is 5. The van der Waals surface area contributed by atoms with Gasteiger partial charge >= 0.3 is 0 Å². The highest BCUT2D eigenvalue weighted by Crippen LogP contribution is 2.25. The molecule has 0 aliphatic heterocycles. The molecule has 0 aliphatic rings. The lowest BCUT2D eigenvalue weighted by Gasteiger charge is -2.17. The third-order valence-corrected chi connectivity index (χ3v) is 4.15. The summed E-state index contributed by atoms with van der Waals surface area (Å²) in [6.07, 6.45) is -4.24. The normalized spacial score (nSPS) is 11.6. The largest absolute Gasteiger partial charge is 0.338 e. The number of hydrogen-bond donors (Lipinski definition) is 0. The Balaban J connectivity index is 2.11. The second-order valence-corrected chi connectivity index (χ2v) is 6.14. The first-order chi connectivity index (χ1) is 11.7. The first kappa shape index (κ1) is 19.4. The average Bonchev–Trinajstić information content (AvgIpc) is 3.11. The highest BCUT2D eigenvalue weighted by Gasteiger charge is 2.23.